The average Bonchev–Trinajstić information content (AvgIpc) is 2.18. The van der Waals surface area contributed by atoms with Crippen LogP contribution in [0.3, 0.4) is 0 Å². The Morgan fingerprint density at radius 3 is 2.64 bits per heavy atom. The first-order chi connectivity index (χ1) is 6.77. The number of aliphatic hydroxyl groups is 1. The lowest BCUT2D eigenvalue weighted by atomic mass is 9.85. The molecule has 1 aliphatic rings. The third-order valence-electron chi connectivity index (χ3n) is 2.87. The molecule has 1 aliphatic carbocycles. The predicted molar refractivity (Wildman–Crippen MR) is 57.4 cm³/mol. The molecule has 1 rings (SSSR count). The summed E-state index contributed by atoms with van der Waals surface area (Å²) in [5.74, 6) is 0. The standard InChI is InChI=1S/C11H23NO2/c1-2-14-9-8-12-10-11(13)6-4-3-5-7-11/h12-13H,2-10H2,1H3. The quantitative estimate of drug-likeness (QED) is 0.637. The molecule has 84 valence electrons. The van der Waals surface area contributed by atoms with Crippen LogP contribution in [-0.4, -0.2) is 37.0 Å². The van der Waals surface area contributed by atoms with E-state index in [1.165, 1.54) is 19.3 Å². The first-order valence-electron chi connectivity index (χ1n) is 5.78. The van der Waals surface area contributed by atoms with E-state index in [0.29, 0.717) is 0 Å². The van der Waals surface area contributed by atoms with Crippen molar-refractivity contribution < 1.29 is 9.84 Å². The lowest BCUT2D eigenvalue weighted by Crippen LogP contribution is -2.43. The van der Waals surface area contributed by atoms with Crippen molar-refractivity contribution >= 4 is 0 Å². The lowest BCUT2D eigenvalue weighted by molar-refractivity contribution is 0.00357. The molecule has 0 atom stereocenters. The second kappa shape index (κ2) is 6.38. The normalized spacial score (nSPS) is 21.0. The summed E-state index contributed by atoms with van der Waals surface area (Å²) in [6, 6.07) is 0. The van der Waals surface area contributed by atoms with E-state index in [9.17, 15) is 5.11 Å². The van der Waals surface area contributed by atoms with Crippen molar-refractivity contribution in [2.24, 2.45) is 0 Å². The summed E-state index contributed by atoms with van der Waals surface area (Å²) in [5, 5.41) is 13.4. The first kappa shape index (κ1) is 12.0. The molecular formula is C11H23NO2. The topological polar surface area (TPSA) is 41.5 Å². The van der Waals surface area contributed by atoms with Gasteiger partial charge in [-0.25, -0.2) is 0 Å². The fourth-order valence-electron chi connectivity index (χ4n) is 2.00. The van der Waals surface area contributed by atoms with Gasteiger partial charge in [-0.15, -0.1) is 0 Å². The third-order valence-corrected chi connectivity index (χ3v) is 2.87. The molecule has 0 spiro atoms. The summed E-state index contributed by atoms with van der Waals surface area (Å²) < 4.78 is 5.21. The van der Waals surface area contributed by atoms with Crippen molar-refractivity contribution in [2.45, 2.75) is 44.6 Å². The summed E-state index contributed by atoms with van der Waals surface area (Å²) >= 11 is 0. The summed E-state index contributed by atoms with van der Waals surface area (Å²) in [6.07, 6.45) is 5.53. The summed E-state index contributed by atoms with van der Waals surface area (Å²) in [7, 11) is 0. The second-order valence-corrected chi connectivity index (χ2v) is 4.16. The molecule has 0 aliphatic heterocycles. The molecule has 0 bridgehead atoms. The Morgan fingerprint density at radius 1 is 1.29 bits per heavy atom. The Labute approximate surface area is 86.8 Å². The zero-order chi connectivity index (χ0) is 10.3. The van der Waals surface area contributed by atoms with Gasteiger partial charge in [0.2, 0.25) is 0 Å². The minimum Gasteiger partial charge on any atom is -0.389 e. The summed E-state index contributed by atoms with van der Waals surface area (Å²) in [6.45, 7) is 5.07. The van der Waals surface area contributed by atoms with Crippen molar-refractivity contribution in [3.63, 3.8) is 0 Å². The highest BCUT2D eigenvalue weighted by molar-refractivity contribution is 4.84. The first-order valence-corrected chi connectivity index (χ1v) is 5.78. The maximum absolute atomic E-state index is 10.1. The largest absolute Gasteiger partial charge is 0.389 e. The van der Waals surface area contributed by atoms with Crippen LogP contribution in [0.1, 0.15) is 39.0 Å². The molecule has 0 radical (unpaired) electrons. The predicted octanol–water partition coefficient (Wildman–Crippen LogP) is 1.31. The molecule has 3 nitrogen and oxygen atoms in total. The molecular weight excluding hydrogens is 178 g/mol. The van der Waals surface area contributed by atoms with Crippen LogP contribution in [0.15, 0.2) is 0 Å². The summed E-state index contributed by atoms with van der Waals surface area (Å²) in [5.41, 5.74) is -0.440. The highest BCUT2D eigenvalue weighted by Crippen LogP contribution is 2.27. The maximum atomic E-state index is 10.1. The smallest absolute Gasteiger partial charge is 0.0771 e. The van der Waals surface area contributed by atoms with Crippen molar-refractivity contribution in [3.8, 4) is 0 Å². The van der Waals surface area contributed by atoms with E-state index in [0.717, 1.165) is 39.1 Å². The molecule has 0 saturated heterocycles. The van der Waals surface area contributed by atoms with E-state index in [1.54, 1.807) is 0 Å². The summed E-state index contributed by atoms with van der Waals surface area (Å²) in [4.78, 5) is 0. The number of nitrogens with one attached hydrogen (secondary N) is 1. The molecule has 14 heavy (non-hydrogen) atoms. The van der Waals surface area contributed by atoms with Gasteiger partial charge in [0.05, 0.1) is 12.2 Å². The van der Waals surface area contributed by atoms with Crippen molar-refractivity contribution in [2.75, 3.05) is 26.3 Å². The Morgan fingerprint density at radius 2 is 2.00 bits per heavy atom. The van der Waals surface area contributed by atoms with Crippen LogP contribution in [0.5, 0.6) is 0 Å². The number of rotatable bonds is 6. The Hall–Kier alpha value is -0.120. The van der Waals surface area contributed by atoms with E-state index in [-0.39, 0.29) is 0 Å². The van der Waals surface area contributed by atoms with Crippen LogP contribution in [0.2, 0.25) is 0 Å². The molecule has 0 aromatic rings. The fraction of sp³-hybridized carbons (Fsp3) is 1.00. The molecule has 1 saturated carbocycles. The van der Waals surface area contributed by atoms with Gasteiger partial charge < -0.3 is 15.2 Å². The van der Waals surface area contributed by atoms with Crippen LogP contribution < -0.4 is 5.32 Å². The van der Waals surface area contributed by atoms with Crippen LogP contribution >= 0.6 is 0 Å². The minimum atomic E-state index is -0.440. The van der Waals surface area contributed by atoms with Crippen LogP contribution in [0.4, 0.5) is 0 Å². The molecule has 3 heteroatoms. The van der Waals surface area contributed by atoms with E-state index >= 15 is 0 Å². The lowest BCUT2D eigenvalue weighted by Gasteiger charge is -2.32. The molecule has 2 N–H and O–H groups in total. The van der Waals surface area contributed by atoms with E-state index in [2.05, 4.69) is 5.32 Å². The van der Waals surface area contributed by atoms with Gasteiger partial charge in [-0.3, -0.25) is 0 Å². The van der Waals surface area contributed by atoms with Gasteiger partial charge in [-0.05, 0) is 19.8 Å². The van der Waals surface area contributed by atoms with Gasteiger partial charge in [0.15, 0.2) is 0 Å². The number of ether oxygens (including phenoxy) is 1. The number of hydrogen-bond acceptors (Lipinski definition) is 3. The van der Waals surface area contributed by atoms with Crippen molar-refractivity contribution in [1.82, 2.24) is 5.32 Å². The molecule has 0 unspecified atom stereocenters. The third kappa shape index (κ3) is 4.40. The van der Waals surface area contributed by atoms with Gasteiger partial charge in [-0.1, -0.05) is 19.3 Å². The van der Waals surface area contributed by atoms with E-state index in [1.807, 2.05) is 6.92 Å². The molecule has 0 heterocycles. The minimum absolute atomic E-state index is 0.440. The monoisotopic (exact) mass is 201 g/mol. The van der Waals surface area contributed by atoms with Gasteiger partial charge in [0, 0.05) is 19.7 Å². The molecule has 0 aromatic carbocycles. The second-order valence-electron chi connectivity index (χ2n) is 4.16. The Balaban J connectivity index is 2.03. The molecule has 0 aromatic heterocycles. The van der Waals surface area contributed by atoms with Gasteiger partial charge >= 0.3 is 0 Å². The maximum Gasteiger partial charge on any atom is 0.0771 e. The Kier molecular flexibility index (Phi) is 5.45. The highest BCUT2D eigenvalue weighted by atomic mass is 16.5. The fourth-order valence-corrected chi connectivity index (χ4v) is 2.00. The zero-order valence-corrected chi connectivity index (χ0v) is 9.22. The highest BCUT2D eigenvalue weighted by Gasteiger charge is 2.28. The van der Waals surface area contributed by atoms with Crippen LogP contribution in [0.25, 0.3) is 0 Å². The van der Waals surface area contributed by atoms with Gasteiger partial charge in [0.25, 0.3) is 0 Å². The van der Waals surface area contributed by atoms with Crippen molar-refractivity contribution in [1.29, 1.82) is 0 Å². The molecule has 0 amide bonds. The SMILES string of the molecule is CCOCCNCC1(O)CCCCC1. The number of hydrogen-bond donors (Lipinski definition) is 2. The van der Waals surface area contributed by atoms with Crippen LogP contribution in [0, 0.1) is 0 Å². The van der Waals surface area contributed by atoms with Crippen LogP contribution in [-0.2, 0) is 4.74 Å². The zero-order valence-electron chi connectivity index (χ0n) is 9.22. The van der Waals surface area contributed by atoms with E-state index < -0.39 is 5.60 Å². The van der Waals surface area contributed by atoms with E-state index in [4.69, 9.17) is 4.74 Å². The Bertz CT molecular complexity index is 144. The van der Waals surface area contributed by atoms with Crippen molar-refractivity contribution in [3.05, 3.63) is 0 Å². The van der Waals surface area contributed by atoms with Gasteiger partial charge in [0.1, 0.15) is 0 Å². The molecule has 1 fully saturated rings. The average molecular weight is 201 g/mol. The van der Waals surface area contributed by atoms with Gasteiger partial charge in [-0.2, -0.15) is 0 Å².